The maximum Gasteiger partial charge on any atom is 0.410 e. The second-order valence-electron chi connectivity index (χ2n) is 9.27. The number of halogens is 3. The van der Waals surface area contributed by atoms with Crippen molar-refractivity contribution in [2.45, 2.75) is 63.1 Å². The molecule has 34 heavy (non-hydrogen) atoms. The SMILES string of the molecule is CC(C)(C)OC(=O)N1CCC(CNc2ccc(S(=O)(=O)CCCC(F)(F)F)cc2[N+](=O)[O-])CC1. The maximum absolute atomic E-state index is 12.3. The van der Waals surface area contributed by atoms with Crippen LogP contribution in [0.15, 0.2) is 23.1 Å². The Balaban J connectivity index is 1.98. The highest BCUT2D eigenvalue weighted by molar-refractivity contribution is 7.91. The first-order valence-electron chi connectivity index (χ1n) is 10.9. The molecule has 1 aromatic rings. The Morgan fingerprint density at radius 2 is 1.85 bits per heavy atom. The number of nitrogens with one attached hydrogen (secondary N) is 1. The first-order valence-corrected chi connectivity index (χ1v) is 12.5. The molecule has 0 aromatic heterocycles. The van der Waals surface area contributed by atoms with Crippen LogP contribution in [0.3, 0.4) is 0 Å². The number of anilines is 1. The Kier molecular flexibility index (Phi) is 8.78. The predicted octanol–water partition coefficient (Wildman–Crippen LogP) is 4.77. The summed E-state index contributed by atoms with van der Waals surface area (Å²) in [6.45, 7) is 6.70. The fraction of sp³-hybridized carbons (Fsp3) is 0.667. The second-order valence-corrected chi connectivity index (χ2v) is 11.4. The molecule has 1 aromatic carbocycles. The number of nitro benzene ring substituents is 1. The van der Waals surface area contributed by atoms with E-state index in [1.807, 2.05) is 0 Å². The van der Waals surface area contributed by atoms with Gasteiger partial charge in [0.1, 0.15) is 11.3 Å². The summed E-state index contributed by atoms with van der Waals surface area (Å²) in [6.07, 6.45) is -5.42. The van der Waals surface area contributed by atoms with Gasteiger partial charge in [-0.15, -0.1) is 0 Å². The molecule has 0 aliphatic carbocycles. The highest BCUT2D eigenvalue weighted by Gasteiger charge is 2.29. The van der Waals surface area contributed by atoms with Crippen molar-refractivity contribution in [1.82, 2.24) is 4.90 Å². The summed E-state index contributed by atoms with van der Waals surface area (Å²) in [5, 5.41) is 14.5. The lowest BCUT2D eigenvalue weighted by Gasteiger charge is -2.33. The van der Waals surface area contributed by atoms with Crippen molar-refractivity contribution in [2.75, 3.05) is 30.7 Å². The Labute approximate surface area is 196 Å². The number of nitrogens with zero attached hydrogens (tertiary/aromatic N) is 2. The molecule has 0 spiro atoms. The molecule has 0 radical (unpaired) electrons. The first-order chi connectivity index (χ1) is 15.6. The van der Waals surface area contributed by atoms with Gasteiger partial charge in [0.15, 0.2) is 9.84 Å². The van der Waals surface area contributed by atoms with E-state index in [9.17, 15) is 36.5 Å². The van der Waals surface area contributed by atoms with Gasteiger partial charge < -0.3 is 15.0 Å². The molecule has 1 N–H and O–H groups in total. The summed E-state index contributed by atoms with van der Waals surface area (Å²) >= 11 is 0. The van der Waals surface area contributed by atoms with E-state index in [0.29, 0.717) is 32.5 Å². The third-order valence-electron chi connectivity index (χ3n) is 5.25. The molecule has 1 fully saturated rings. The molecule has 9 nitrogen and oxygen atoms in total. The van der Waals surface area contributed by atoms with Crippen molar-refractivity contribution in [3.05, 3.63) is 28.3 Å². The van der Waals surface area contributed by atoms with Crippen molar-refractivity contribution in [3.8, 4) is 0 Å². The minimum absolute atomic E-state index is 0.119. The number of hydrogen-bond donors (Lipinski definition) is 1. The summed E-state index contributed by atoms with van der Waals surface area (Å²) in [6, 6.07) is 3.28. The van der Waals surface area contributed by atoms with Crippen LogP contribution < -0.4 is 5.32 Å². The molecule has 0 saturated carbocycles. The number of amides is 1. The van der Waals surface area contributed by atoms with E-state index >= 15 is 0 Å². The van der Waals surface area contributed by atoms with Crippen LogP contribution in [0.2, 0.25) is 0 Å². The number of hydrogen-bond acceptors (Lipinski definition) is 7. The van der Waals surface area contributed by atoms with E-state index in [-0.39, 0.29) is 17.7 Å². The molecule has 1 aliphatic heterocycles. The topological polar surface area (TPSA) is 119 Å². The zero-order valence-corrected chi connectivity index (χ0v) is 20.2. The Morgan fingerprint density at radius 3 is 2.38 bits per heavy atom. The molecule has 1 saturated heterocycles. The lowest BCUT2D eigenvalue weighted by atomic mass is 9.97. The quantitative estimate of drug-likeness (QED) is 0.396. The lowest BCUT2D eigenvalue weighted by molar-refractivity contribution is -0.384. The highest BCUT2D eigenvalue weighted by atomic mass is 32.2. The Morgan fingerprint density at radius 1 is 1.24 bits per heavy atom. The van der Waals surface area contributed by atoms with E-state index < -0.39 is 55.7 Å². The minimum atomic E-state index is -4.47. The fourth-order valence-electron chi connectivity index (χ4n) is 3.49. The Hall–Kier alpha value is -2.57. The molecule has 13 heteroatoms. The molecule has 1 heterocycles. The van der Waals surface area contributed by atoms with Gasteiger partial charge in [0.05, 0.1) is 15.6 Å². The average Bonchev–Trinajstić information content (AvgIpc) is 2.70. The zero-order chi connectivity index (χ0) is 25.7. The van der Waals surface area contributed by atoms with E-state index in [1.54, 1.807) is 25.7 Å². The van der Waals surface area contributed by atoms with Crippen LogP contribution in [0.25, 0.3) is 0 Å². The van der Waals surface area contributed by atoms with Crippen molar-refractivity contribution in [3.63, 3.8) is 0 Å². The number of likely N-dealkylation sites (tertiary alicyclic amines) is 1. The number of carbonyl (C=O) groups excluding carboxylic acids is 1. The van der Waals surface area contributed by atoms with Gasteiger partial charge in [-0.25, -0.2) is 13.2 Å². The maximum atomic E-state index is 12.3. The summed E-state index contributed by atoms with van der Waals surface area (Å²) in [5.74, 6) is -0.629. The standard InChI is InChI=1S/C21H30F3N3O6S/c1-20(2,3)33-19(28)26-10-7-15(8-11-26)14-25-17-6-5-16(13-18(17)27(29)30)34(31,32)12-4-9-21(22,23)24/h5-6,13,15,25H,4,7-12,14H2,1-3H3. The van der Waals surface area contributed by atoms with Crippen molar-refractivity contribution >= 4 is 27.3 Å². The number of nitro groups is 1. The third-order valence-corrected chi connectivity index (χ3v) is 7.04. The summed E-state index contributed by atoms with van der Waals surface area (Å²) < 4.78 is 66.9. The molecule has 1 amide bonds. The number of piperidine rings is 1. The van der Waals surface area contributed by atoms with Gasteiger partial charge in [-0.2, -0.15) is 13.2 Å². The molecule has 2 rings (SSSR count). The van der Waals surface area contributed by atoms with Gasteiger partial charge in [-0.1, -0.05) is 0 Å². The number of carbonyl (C=O) groups is 1. The average molecular weight is 510 g/mol. The third kappa shape index (κ3) is 8.65. The molecule has 0 bridgehead atoms. The van der Waals surface area contributed by atoms with E-state index in [0.717, 1.165) is 12.1 Å². The van der Waals surface area contributed by atoms with E-state index in [2.05, 4.69) is 5.32 Å². The molecular formula is C21H30F3N3O6S. The summed E-state index contributed by atoms with van der Waals surface area (Å²) in [7, 11) is -4.10. The van der Waals surface area contributed by atoms with Crippen LogP contribution >= 0.6 is 0 Å². The van der Waals surface area contributed by atoms with Gasteiger partial charge in [-0.3, -0.25) is 10.1 Å². The smallest absolute Gasteiger partial charge is 0.410 e. The summed E-state index contributed by atoms with van der Waals surface area (Å²) in [4.78, 5) is 24.1. The minimum Gasteiger partial charge on any atom is -0.444 e. The highest BCUT2D eigenvalue weighted by Crippen LogP contribution is 2.30. The van der Waals surface area contributed by atoms with Crippen molar-refractivity contribution < 1.29 is 36.0 Å². The molecule has 1 aliphatic rings. The molecular weight excluding hydrogens is 479 g/mol. The zero-order valence-electron chi connectivity index (χ0n) is 19.4. The number of benzene rings is 1. The van der Waals surface area contributed by atoms with Crippen molar-refractivity contribution in [2.24, 2.45) is 5.92 Å². The van der Waals surface area contributed by atoms with Crippen LogP contribution in [-0.4, -0.2) is 61.5 Å². The van der Waals surface area contributed by atoms with Gasteiger partial charge in [0.25, 0.3) is 5.69 Å². The number of sulfone groups is 1. The monoisotopic (exact) mass is 509 g/mol. The van der Waals surface area contributed by atoms with Crippen molar-refractivity contribution in [1.29, 1.82) is 0 Å². The first kappa shape index (κ1) is 27.7. The number of alkyl halides is 3. The molecule has 192 valence electrons. The van der Waals surface area contributed by atoms with E-state index in [4.69, 9.17) is 4.74 Å². The van der Waals surface area contributed by atoms with E-state index in [1.165, 1.54) is 6.07 Å². The normalized spacial score (nSPS) is 15.8. The van der Waals surface area contributed by atoms with Crippen LogP contribution in [-0.2, 0) is 14.6 Å². The predicted molar refractivity (Wildman–Crippen MR) is 119 cm³/mol. The molecule has 0 unspecified atom stereocenters. The van der Waals surface area contributed by atoms with Crippen LogP contribution in [0.5, 0.6) is 0 Å². The molecule has 0 atom stereocenters. The van der Waals surface area contributed by atoms with Crippen LogP contribution in [0.1, 0.15) is 46.5 Å². The number of ether oxygens (including phenoxy) is 1. The van der Waals surface area contributed by atoms with Gasteiger partial charge >= 0.3 is 12.3 Å². The number of rotatable bonds is 8. The Bertz CT molecular complexity index is 984. The van der Waals surface area contributed by atoms with Crippen LogP contribution in [0.4, 0.5) is 29.3 Å². The van der Waals surface area contributed by atoms with Gasteiger partial charge in [-0.05, 0) is 58.1 Å². The fourth-order valence-corrected chi connectivity index (χ4v) is 4.81. The second kappa shape index (κ2) is 10.8. The largest absolute Gasteiger partial charge is 0.444 e. The summed E-state index contributed by atoms with van der Waals surface area (Å²) in [5.41, 5.74) is -0.941. The van der Waals surface area contributed by atoms with Gasteiger partial charge in [0.2, 0.25) is 0 Å². The van der Waals surface area contributed by atoms with Gasteiger partial charge in [0, 0.05) is 32.1 Å². The lowest BCUT2D eigenvalue weighted by Crippen LogP contribution is -2.42. The van der Waals surface area contributed by atoms with Crippen LogP contribution in [0, 0.1) is 16.0 Å².